The maximum atomic E-state index is 12.3. The number of nitrogens with one attached hydrogen (secondary N) is 1. The lowest BCUT2D eigenvalue weighted by atomic mass is 10.2. The minimum atomic E-state index is -0.195. The third kappa shape index (κ3) is 4.11. The van der Waals surface area contributed by atoms with E-state index in [1.54, 1.807) is 55.1 Å². The van der Waals surface area contributed by atoms with Crippen molar-refractivity contribution in [2.45, 2.75) is 6.61 Å². The number of nitrogens with zero attached hydrogens (tertiary/aromatic N) is 1. The Morgan fingerprint density at radius 2 is 2.00 bits per heavy atom. The predicted octanol–water partition coefficient (Wildman–Crippen LogP) is 3.98. The summed E-state index contributed by atoms with van der Waals surface area (Å²) in [4.78, 5) is 16.5. The zero-order chi connectivity index (χ0) is 16.8. The second-order valence-corrected chi connectivity index (χ2v) is 5.70. The third-order valence-electron chi connectivity index (χ3n) is 3.31. The molecule has 24 heavy (non-hydrogen) atoms. The molecule has 1 aromatic heterocycles. The van der Waals surface area contributed by atoms with E-state index in [9.17, 15) is 4.79 Å². The van der Waals surface area contributed by atoms with E-state index in [1.165, 1.54) is 11.3 Å². The molecule has 1 N–H and O–H groups in total. The van der Waals surface area contributed by atoms with Crippen molar-refractivity contribution in [3.8, 4) is 11.5 Å². The summed E-state index contributed by atoms with van der Waals surface area (Å²) < 4.78 is 10.8. The van der Waals surface area contributed by atoms with Crippen LogP contribution in [0.4, 0.5) is 5.69 Å². The number of methoxy groups -OCH3 is 1. The number of anilines is 1. The highest BCUT2D eigenvalue weighted by Crippen LogP contribution is 2.18. The van der Waals surface area contributed by atoms with Crippen molar-refractivity contribution < 1.29 is 14.3 Å². The number of hydrogen-bond acceptors (Lipinski definition) is 5. The van der Waals surface area contributed by atoms with Gasteiger partial charge in [-0.3, -0.25) is 4.79 Å². The van der Waals surface area contributed by atoms with E-state index in [0.29, 0.717) is 23.6 Å². The molecule has 3 aromatic rings. The molecule has 3 rings (SSSR count). The SMILES string of the molecule is COc1ccc(NC(=O)c2cccc(OCc3cscn3)c2)cc1. The summed E-state index contributed by atoms with van der Waals surface area (Å²) in [5, 5.41) is 4.78. The number of thiazole rings is 1. The Bertz CT molecular complexity index is 801. The van der Waals surface area contributed by atoms with E-state index in [1.807, 2.05) is 11.4 Å². The molecule has 0 spiro atoms. The lowest BCUT2D eigenvalue weighted by Crippen LogP contribution is -2.11. The van der Waals surface area contributed by atoms with Crippen LogP contribution in [0.3, 0.4) is 0 Å². The van der Waals surface area contributed by atoms with Gasteiger partial charge >= 0.3 is 0 Å². The average molecular weight is 340 g/mol. The van der Waals surface area contributed by atoms with Crippen LogP contribution in [0.5, 0.6) is 11.5 Å². The number of ether oxygens (including phenoxy) is 2. The zero-order valence-corrected chi connectivity index (χ0v) is 13.9. The largest absolute Gasteiger partial charge is 0.497 e. The molecule has 6 heteroatoms. The molecule has 0 bridgehead atoms. The van der Waals surface area contributed by atoms with Gasteiger partial charge in [0.25, 0.3) is 5.91 Å². The first-order chi connectivity index (χ1) is 11.7. The van der Waals surface area contributed by atoms with Gasteiger partial charge < -0.3 is 14.8 Å². The molecule has 1 amide bonds. The monoisotopic (exact) mass is 340 g/mol. The van der Waals surface area contributed by atoms with Crippen molar-refractivity contribution in [2.24, 2.45) is 0 Å². The number of hydrogen-bond donors (Lipinski definition) is 1. The number of rotatable bonds is 6. The molecule has 0 unspecified atom stereocenters. The van der Waals surface area contributed by atoms with Gasteiger partial charge in [0.1, 0.15) is 18.1 Å². The summed E-state index contributed by atoms with van der Waals surface area (Å²) in [5.41, 5.74) is 3.86. The summed E-state index contributed by atoms with van der Waals surface area (Å²) in [6, 6.07) is 14.2. The van der Waals surface area contributed by atoms with Crippen LogP contribution in [0.1, 0.15) is 16.1 Å². The first kappa shape index (κ1) is 16.0. The maximum absolute atomic E-state index is 12.3. The van der Waals surface area contributed by atoms with Gasteiger partial charge in [0.15, 0.2) is 0 Å². The first-order valence-corrected chi connectivity index (χ1v) is 8.24. The minimum Gasteiger partial charge on any atom is -0.497 e. The molecule has 2 aromatic carbocycles. The van der Waals surface area contributed by atoms with Crippen molar-refractivity contribution in [3.05, 3.63) is 70.7 Å². The van der Waals surface area contributed by atoms with E-state index < -0.39 is 0 Å². The molecule has 0 radical (unpaired) electrons. The Hall–Kier alpha value is -2.86. The predicted molar refractivity (Wildman–Crippen MR) is 93.8 cm³/mol. The lowest BCUT2D eigenvalue weighted by molar-refractivity contribution is 0.102. The standard InChI is InChI=1S/C18H16N2O3S/c1-22-16-7-5-14(6-8-16)20-18(21)13-3-2-4-17(9-13)23-10-15-11-24-12-19-15/h2-9,11-12H,10H2,1H3,(H,20,21). The van der Waals surface area contributed by atoms with Crippen molar-refractivity contribution >= 4 is 22.9 Å². The molecule has 122 valence electrons. The van der Waals surface area contributed by atoms with Gasteiger partial charge in [0, 0.05) is 16.6 Å². The number of carbonyl (C=O) groups excluding carboxylic acids is 1. The highest BCUT2D eigenvalue weighted by atomic mass is 32.1. The minimum absolute atomic E-state index is 0.195. The van der Waals surface area contributed by atoms with Gasteiger partial charge in [-0.25, -0.2) is 4.98 Å². The van der Waals surface area contributed by atoms with Crippen LogP contribution in [0.25, 0.3) is 0 Å². The molecule has 0 fully saturated rings. The van der Waals surface area contributed by atoms with Crippen LogP contribution in [0.15, 0.2) is 59.4 Å². The Morgan fingerprint density at radius 1 is 1.17 bits per heavy atom. The fourth-order valence-corrected chi connectivity index (χ4v) is 2.61. The van der Waals surface area contributed by atoms with Gasteiger partial charge in [-0.05, 0) is 42.5 Å². The van der Waals surface area contributed by atoms with E-state index in [0.717, 1.165) is 11.4 Å². The topological polar surface area (TPSA) is 60.5 Å². The van der Waals surface area contributed by atoms with E-state index >= 15 is 0 Å². The molecule has 1 heterocycles. The van der Waals surface area contributed by atoms with E-state index in [4.69, 9.17) is 9.47 Å². The highest BCUT2D eigenvalue weighted by molar-refractivity contribution is 7.07. The smallest absolute Gasteiger partial charge is 0.255 e. The fourth-order valence-electron chi connectivity index (χ4n) is 2.07. The number of carbonyl (C=O) groups is 1. The van der Waals surface area contributed by atoms with Crippen LogP contribution >= 0.6 is 11.3 Å². The van der Waals surface area contributed by atoms with Crippen molar-refractivity contribution in [2.75, 3.05) is 12.4 Å². The Labute approximate surface area is 143 Å². The average Bonchev–Trinajstić information content (AvgIpc) is 3.14. The molecule has 0 aliphatic carbocycles. The Morgan fingerprint density at radius 3 is 2.71 bits per heavy atom. The molecular formula is C18H16N2O3S. The maximum Gasteiger partial charge on any atom is 0.255 e. The van der Waals surface area contributed by atoms with Crippen LogP contribution in [0.2, 0.25) is 0 Å². The first-order valence-electron chi connectivity index (χ1n) is 7.30. The second kappa shape index (κ2) is 7.61. The van der Waals surface area contributed by atoms with Crippen LogP contribution in [-0.2, 0) is 6.61 Å². The quantitative estimate of drug-likeness (QED) is 0.737. The van der Waals surface area contributed by atoms with Crippen molar-refractivity contribution in [1.29, 1.82) is 0 Å². The summed E-state index contributed by atoms with van der Waals surface area (Å²) in [5.74, 6) is 1.18. The highest BCUT2D eigenvalue weighted by Gasteiger charge is 2.08. The number of amides is 1. The Kier molecular flexibility index (Phi) is 5.08. The molecule has 0 aliphatic rings. The molecule has 0 atom stereocenters. The fraction of sp³-hybridized carbons (Fsp3) is 0.111. The Balaban J connectivity index is 1.64. The van der Waals surface area contributed by atoms with Gasteiger partial charge in [0.05, 0.1) is 18.3 Å². The van der Waals surface area contributed by atoms with Gasteiger partial charge in [-0.2, -0.15) is 0 Å². The number of aromatic nitrogens is 1. The molecule has 0 saturated carbocycles. The normalized spacial score (nSPS) is 10.2. The molecule has 5 nitrogen and oxygen atoms in total. The summed E-state index contributed by atoms with van der Waals surface area (Å²) in [6.07, 6.45) is 0. The second-order valence-electron chi connectivity index (χ2n) is 4.98. The molecule has 0 aliphatic heterocycles. The van der Waals surface area contributed by atoms with Crippen molar-refractivity contribution in [3.63, 3.8) is 0 Å². The van der Waals surface area contributed by atoms with E-state index in [2.05, 4.69) is 10.3 Å². The van der Waals surface area contributed by atoms with Crippen LogP contribution < -0.4 is 14.8 Å². The van der Waals surface area contributed by atoms with Crippen LogP contribution in [0, 0.1) is 0 Å². The lowest BCUT2D eigenvalue weighted by Gasteiger charge is -2.08. The van der Waals surface area contributed by atoms with Gasteiger partial charge in [-0.1, -0.05) is 6.07 Å². The van der Waals surface area contributed by atoms with Crippen molar-refractivity contribution in [1.82, 2.24) is 4.98 Å². The summed E-state index contributed by atoms with van der Waals surface area (Å²) in [6.45, 7) is 0.382. The molecular weight excluding hydrogens is 324 g/mol. The molecule has 0 saturated heterocycles. The third-order valence-corrected chi connectivity index (χ3v) is 3.95. The van der Waals surface area contributed by atoms with Gasteiger partial charge in [-0.15, -0.1) is 11.3 Å². The summed E-state index contributed by atoms with van der Waals surface area (Å²) in [7, 11) is 1.60. The summed E-state index contributed by atoms with van der Waals surface area (Å²) >= 11 is 1.52. The number of benzene rings is 2. The van der Waals surface area contributed by atoms with Gasteiger partial charge in [0.2, 0.25) is 0 Å². The van der Waals surface area contributed by atoms with Crippen LogP contribution in [-0.4, -0.2) is 18.0 Å². The zero-order valence-electron chi connectivity index (χ0n) is 13.1. The van der Waals surface area contributed by atoms with E-state index in [-0.39, 0.29) is 5.91 Å².